The number of benzene rings is 1. The van der Waals surface area contributed by atoms with Crippen molar-refractivity contribution in [2.75, 3.05) is 11.9 Å². The molecule has 0 atom stereocenters. The Kier molecular flexibility index (Phi) is 6.60. The first-order valence-electron chi connectivity index (χ1n) is 9.25. The van der Waals surface area contributed by atoms with Crippen molar-refractivity contribution in [2.24, 2.45) is 0 Å². The summed E-state index contributed by atoms with van der Waals surface area (Å²) in [5.41, 5.74) is 3.23. The van der Waals surface area contributed by atoms with Crippen LogP contribution in [0.25, 0.3) is 11.3 Å². The first kappa shape index (κ1) is 19.8. The molecular weight excluding hydrogens is 374 g/mol. The first-order valence-corrected chi connectivity index (χ1v) is 10.1. The molecule has 7 heteroatoms. The molecule has 2 N–H and O–H groups in total. The van der Waals surface area contributed by atoms with E-state index in [4.69, 9.17) is 4.42 Å². The van der Waals surface area contributed by atoms with Crippen molar-refractivity contribution in [3.63, 3.8) is 0 Å². The van der Waals surface area contributed by atoms with Crippen molar-refractivity contribution < 1.29 is 14.0 Å². The number of anilines is 1. The van der Waals surface area contributed by atoms with Crippen molar-refractivity contribution in [2.45, 2.75) is 33.1 Å². The maximum absolute atomic E-state index is 12.1. The monoisotopic (exact) mass is 397 g/mol. The number of furan rings is 1. The van der Waals surface area contributed by atoms with Gasteiger partial charge in [0.05, 0.1) is 12.0 Å². The summed E-state index contributed by atoms with van der Waals surface area (Å²) < 4.78 is 5.01. The lowest BCUT2D eigenvalue weighted by Crippen LogP contribution is -2.27. The molecule has 2 amide bonds. The Balaban J connectivity index is 1.54. The number of aryl methyl sites for hydroxylation is 2. The highest BCUT2D eigenvalue weighted by molar-refractivity contribution is 7.16. The Hall–Kier alpha value is -2.93. The van der Waals surface area contributed by atoms with Crippen LogP contribution in [0.4, 0.5) is 5.13 Å². The SMILES string of the molecule is CCCc1ccc(-c2nc(NC(=O)CCNC(=O)c3ccco3)sc2C)cc1. The molecular formula is C21H23N3O3S. The van der Waals surface area contributed by atoms with E-state index < -0.39 is 0 Å². The maximum atomic E-state index is 12.1. The van der Waals surface area contributed by atoms with E-state index >= 15 is 0 Å². The molecule has 3 aromatic rings. The second kappa shape index (κ2) is 9.32. The van der Waals surface area contributed by atoms with Gasteiger partial charge >= 0.3 is 0 Å². The number of amides is 2. The molecule has 3 rings (SSSR count). The number of nitrogens with zero attached hydrogens (tertiary/aromatic N) is 1. The predicted molar refractivity (Wildman–Crippen MR) is 111 cm³/mol. The van der Waals surface area contributed by atoms with Gasteiger partial charge in [0.25, 0.3) is 5.91 Å². The predicted octanol–water partition coefficient (Wildman–Crippen LogP) is 4.42. The zero-order valence-electron chi connectivity index (χ0n) is 16.0. The van der Waals surface area contributed by atoms with Crippen LogP contribution in [0.2, 0.25) is 0 Å². The van der Waals surface area contributed by atoms with E-state index in [0.29, 0.717) is 5.13 Å². The van der Waals surface area contributed by atoms with Gasteiger partial charge in [-0.25, -0.2) is 4.98 Å². The third kappa shape index (κ3) is 5.07. The largest absolute Gasteiger partial charge is 0.459 e. The molecule has 0 aliphatic rings. The number of carbonyl (C=O) groups is 2. The van der Waals surface area contributed by atoms with E-state index in [2.05, 4.69) is 46.8 Å². The molecule has 6 nitrogen and oxygen atoms in total. The Morgan fingerprint density at radius 3 is 2.64 bits per heavy atom. The van der Waals surface area contributed by atoms with Crippen LogP contribution in [0.15, 0.2) is 47.1 Å². The molecule has 0 saturated heterocycles. The van der Waals surface area contributed by atoms with Gasteiger partial charge in [-0.3, -0.25) is 9.59 Å². The van der Waals surface area contributed by atoms with Gasteiger partial charge in [-0.05, 0) is 31.0 Å². The number of carbonyl (C=O) groups excluding carboxylic acids is 2. The average Bonchev–Trinajstić information content (AvgIpc) is 3.33. The van der Waals surface area contributed by atoms with Crippen LogP contribution in [-0.2, 0) is 11.2 Å². The molecule has 0 unspecified atom stereocenters. The van der Waals surface area contributed by atoms with E-state index in [0.717, 1.165) is 29.0 Å². The molecule has 0 spiro atoms. The highest BCUT2D eigenvalue weighted by Crippen LogP contribution is 2.30. The van der Waals surface area contributed by atoms with Crippen LogP contribution < -0.4 is 10.6 Å². The first-order chi connectivity index (χ1) is 13.6. The summed E-state index contributed by atoms with van der Waals surface area (Å²) in [6.07, 6.45) is 3.77. The van der Waals surface area contributed by atoms with Gasteiger partial charge in [-0.2, -0.15) is 0 Å². The number of hydrogen-bond acceptors (Lipinski definition) is 5. The smallest absolute Gasteiger partial charge is 0.286 e. The third-order valence-electron chi connectivity index (χ3n) is 4.19. The molecule has 2 aromatic heterocycles. The number of thiazole rings is 1. The lowest BCUT2D eigenvalue weighted by Gasteiger charge is -2.03. The lowest BCUT2D eigenvalue weighted by atomic mass is 10.1. The molecule has 0 aliphatic heterocycles. The van der Waals surface area contributed by atoms with E-state index in [1.807, 2.05) is 6.92 Å². The lowest BCUT2D eigenvalue weighted by molar-refractivity contribution is -0.116. The normalized spacial score (nSPS) is 10.6. The van der Waals surface area contributed by atoms with Crippen molar-refractivity contribution in [1.82, 2.24) is 10.3 Å². The minimum Gasteiger partial charge on any atom is -0.459 e. The minimum absolute atomic E-state index is 0.159. The minimum atomic E-state index is -0.336. The Bertz CT molecular complexity index is 930. The summed E-state index contributed by atoms with van der Waals surface area (Å²) in [5.74, 6) is -0.305. The molecule has 0 aliphatic carbocycles. The Morgan fingerprint density at radius 2 is 1.96 bits per heavy atom. The van der Waals surface area contributed by atoms with Crippen molar-refractivity contribution >= 4 is 28.3 Å². The van der Waals surface area contributed by atoms with Crippen LogP contribution in [-0.4, -0.2) is 23.3 Å². The second-order valence-corrected chi connectivity index (χ2v) is 7.61. The molecule has 0 radical (unpaired) electrons. The van der Waals surface area contributed by atoms with Gasteiger partial charge in [0.1, 0.15) is 0 Å². The molecule has 0 bridgehead atoms. The van der Waals surface area contributed by atoms with Crippen LogP contribution in [0.1, 0.15) is 40.8 Å². The fourth-order valence-electron chi connectivity index (χ4n) is 2.80. The van der Waals surface area contributed by atoms with E-state index in [1.165, 1.54) is 23.2 Å². The van der Waals surface area contributed by atoms with Crippen molar-refractivity contribution in [1.29, 1.82) is 0 Å². The standard InChI is InChI=1S/C21H23N3O3S/c1-3-5-15-7-9-16(10-8-15)19-14(2)28-21(24-19)23-18(25)11-12-22-20(26)17-6-4-13-27-17/h4,6-10,13H,3,5,11-12H2,1-2H3,(H,22,26)(H,23,24,25). The fourth-order valence-corrected chi connectivity index (χ4v) is 3.65. The highest BCUT2D eigenvalue weighted by Gasteiger charge is 2.13. The molecule has 2 heterocycles. The van der Waals surface area contributed by atoms with Crippen LogP contribution in [0.3, 0.4) is 0 Å². The van der Waals surface area contributed by atoms with Gasteiger partial charge < -0.3 is 15.1 Å². The highest BCUT2D eigenvalue weighted by atomic mass is 32.1. The van der Waals surface area contributed by atoms with Gasteiger partial charge in [0.15, 0.2) is 10.9 Å². The zero-order valence-corrected chi connectivity index (χ0v) is 16.8. The summed E-state index contributed by atoms with van der Waals surface area (Å²) in [6.45, 7) is 4.38. The van der Waals surface area contributed by atoms with E-state index in [1.54, 1.807) is 12.1 Å². The molecule has 1 aromatic carbocycles. The van der Waals surface area contributed by atoms with Crippen molar-refractivity contribution in [3.8, 4) is 11.3 Å². The van der Waals surface area contributed by atoms with Gasteiger partial charge in [0, 0.05) is 23.4 Å². The van der Waals surface area contributed by atoms with Gasteiger partial charge in [0.2, 0.25) is 5.91 Å². The molecule has 146 valence electrons. The fraction of sp³-hybridized carbons (Fsp3) is 0.286. The summed E-state index contributed by atoms with van der Waals surface area (Å²) in [4.78, 5) is 29.5. The van der Waals surface area contributed by atoms with Gasteiger partial charge in [-0.15, -0.1) is 11.3 Å². The summed E-state index contributed by atoms with van der Waals surface area (Å²) in [6, 6.07) is 11.6. The summed E-state index contributed by atoms with van der Waals surface area (Å²) in [5, 5.41) is 6.02. The second-order valence-electron chi connectivity index (χ2n) is 6.40. The van der Waals surface area contributed by atoms with Crippen LogP contribution in [0.5, 0.6) is 0 Å². The molecule has 0 saturated carbocycles. The average molecular weight is 398 g/mol. The van der Waals surface area contributed by atoms with E-state index in [-0.39, 0.29) is 30.5 Å². The Morgan fingerprint density at radius 1 is 1.18 bits per heavy atom. The van der Waals surface area contributed by atoms with Gasteiger partial charge in [-0.1, -0.05) is 37.6 Å². The Labute approximate surface area is 168 Å². The topological polar surface area (TPSA) is 84.2 Å². The molecule has 28 heavy (non-hydrogen) atoms. The quantitative estimate of drug-likeness (QED) is 0.589. The number of hydrogen-bond donors (Lipinski definition) is 2. The third-order valence-corrected chi connectivity index (χ3v) is 5.08. The van der Waals surface area contributed by atoms with E-state index in [9.17, 15) is 9.59 Å². The van der Waals surface area contributed by atoms with Crippen LogP contribution >= 0.6 is 11.3 Å². The number of nitrogens with one attached hydrogen (secondary N) is 2. The molecule has 0 fully saturated rings. The summed E-state index contributed by atoms with van der Waals surface area (Å²) in [7, 11) is 0. The van der Waals surface area contributed by atoms with Crippen molar-refractivity contribution in [3.05, 3.63) is 58.9 Å². The van der Waals surface area contributed by atoms with Crippen LogP contribution in [0, 0.1) is 6.92 Å². The summed E-state index contributed by atoms with van der Waals surface area (Å²) >= 11 is 1.44. The number of aromatic nitrogens is 1. The zero-order chi connectivity index (χ0) is 19.9. The maximum Gasteiger partial charge on any atom is 0.286 e. The number of rotatable bonds is 8.